The van der Waals surface area contributed by atoms with E-state index in [2.05, 4.69) is 5.32 Å². The van der Waals surface area contributed by atoms with Gasteiger partial charge in [0.05, 0.1) is 5.75 Å². The standard InChI is InChI=1S/C17H25N3O3S/c18-15-8-13-2-1-3-14(9-15)16(13)20-17(21)12-6-4-11(5-7-12)10-24(19,22)23/h4-7,13-16H,1-3,8-10,18H2,(H,20,21)(H2,19,22,23). The van der Waals surface area contributed by atoms with Crippen LogP contribution in [0.2, 0.25) is 0 Å². The highest BCUT2D eigenvalue weighted by Gasteiger charge is 2.39. The van der Waals surface area contributed by atoms with Gasteiger partial charge < -0.3 is 11.1 Å². The van der Waals surface area contributed by atoms with Crippen LogP contribution in [-0.2, 0) is 15.8 Å². The van der Waals surface area contributed by atoms with Crippen molar-refractivity contribution in [3.05, 3.63) is 35.4 Å². The highest BCUT2D eigenvalue weighted by molar-refractivity contribution is 7.88. The number of fused-ring (bicyclic) bond motifs is 2. The normalized spacial score (nSPS) is 29.9. The molecule has 2 fully saturated rings. The Balaban J connectivity index is 1.66. The smallest absolute Gasteiger partial charge is 0.251 e. The molecule has 1 aromatic rings. The first-order valence-electron chi connectivity index (χ1n) is 8.47. The zero-order valence-corrected chi connectivity index (χ0v) is 14.5. The molecule has 132 valence electrons. The van der Waals surface area contributed by atoms with Crippen molar-refractivity contribution in [1.82, 2.24) is 5.32 Å². The van der Waals surface area contributed by atoms with Crippen molar-refractivity contribution < 1.29 is 13.2 Å². The van der Waals surface area contributed by atoms with Gasteiger partial charge in [-0.15, -0.1) is 0 Å². The minimum atomic E-state index is -3.56. The number of rotatable bonds is 4. The van der Waals surface area contributed by atoms with Gasteiger partial charge in [-0.25, -0.2) is 13.6 Å². The average Bonchev–Trinajstić information content (AvgIpc) is 2.47. The van der Waals surface area contributed by atoms with Crippen LogP contribution in [0.4, 0.5) is 0 Å². The molecule has 7 heteroatoms. The molecule has 1 aromatic carbocycles. The van der Waals surface area contributed by atoms with Crippen molar-refractivity contribution in [3.8, 4) is 0 Å². The predicted octanol–water partition coefficient (Wildman–Crippen LogP) is 1.11. The number of nitrogens with one attached hydrogen (secondary N) is 1. The second kappa shape index (κ2) is 6.82. The zero-order chi connectivity index (χ0) is 17.3. The van der Waals surface area contributed by atoms with Gasteiger partial charge in [-0.1, -0.05) is 18.6 Å². The Labute approximate surface area is 143 Å². The summed E-state index contributed by atoms with van der Waals surface area (Å²) in [5, 5.41) is 8.22. The summed E-state index contributed by atoms with van der Waals surface area (Å²) < 4.78 is 22.2. The van der Waals surface area contributed by atoms with Gasteiger partial charge in [0.2, 0.25) is 10.0 Å². The van der Waals surface area contributed by atoms with Gasteiger partial charge in [0.1, 0.15) is 0 Å². The first-order valence-corrected chi connectivity index (χ1v) is 10.2. The first kappa shape index (κ1) is 17.4. The van der Waals surface area contributed by atoms with E-state index in [1.807, 2.05) is 0 Å². The van der Waals surface area contributed by atoms with Crippen molar-refractivity contribution >= 4 is 15.9 Å². The van der Waals surface area contributed by atoms with Crippen molar-refractivity contribution in [2.75, 3.05) is 0 Å². The van der Waals surface area contributed by atoms with Crippen LogP contribution in [0.5, 0.6) is 0 Å². The molecule has 2 aliphatic rings. The van der Waals surface area contributed by atoms with Gasteiger partial charge in [-0.05, 0) is 55.2 Å². The number of hydrogen-bond acceptors (Lipinski definition) is 4. The molecule has 0 aromatic heterocycles. The number of nitrogens with two attached hydrogens (primary N) is 2. The van der Waals surface area contributed by atoms with E-state index in [1.54, 1.807) is 24.3 Å². The quantitative estimate of drug-likeness (QED) is 0.753. The van der Waals surface area contributed by atoms with Crippen LogP contribution in [0, 0.1) is 11.8 Å². The summed E-state index contributed by atoms with van der Waals surface area (Å²) in [4.78, 5) is 12.5. The maximum Gasteiger partial charge on any atom is 0.251 e. The summed E-state index contributed by atoms with van der Waals surface area (Å²) in [7, 11) is -3.56. The van der Waals surface area contributed by atoms with Gasteiger partial charge >= 0.3 is 0 Å². The molecular weight excluding hydrogens is 326 g/mol. The summed E-state index contributed by atoms with van der Waals surface area (Å²) in [5.74, 6) is 0.616. The van der Waals surface area contributed by atoms with Crippen LogP contribution in [0.15, 0.2) is 24.3 Å². The number of sulfonamides is 1. The molecule has 2 bridgehead atoms. The van der Waals surface area contributed by atoms with Gasteiger partial charge in [-0.2, -0.15) is 0 Å². The Morgan fingerprint density at radius 3 is 2.25 bits per heavy atom. The second-order valence-corrected chi connectivity index (χ2v) is 8.80. The molecule has 0 saturated heterocycles. The number of primary sulfonamides is 1. The topological polar surface area (TPSA) is 115 Å². The maximum absolute atomic E-state index is 12.5. The molecule has 0 heterocycles. The molecule has 24 heavy (non-hydrogen) atoms. The molecule has 5 N–H and O–H groups in total. The number of carbonyl (C=O) groups is 1. The molecule has 3 rings (SSSR count). The van der Waals surface area contributed by atoms with E-state index in [9.17, 15) is 13.2 Å². The number of carbonyl (C=O) groups excluding carboxylic acids is 1. The van der Waals surface area contributed by atoms with E-state index in [4.69, 9.17) is 10.9 Å². The molecular formula is C17H25N3O3S. The monoisotopic (exact) mass is 351 g/mol. The Bertz CT molecular complexity index is 688. The van der Waals surface area contributed by atoms with E-state index >= 15 is 0 Å². The summed E-state index contributed by atoms with van der Waals surface area (Å²) in [6.45, 7) is 0. The third-order valence-electron chi connectivity index (χ3n) is 5.26. The van der Waals surface area contributed by atoms with Gasteiger partial charge in [0, 0.05) is 17.6 Å². The van der Waals surface area contributed by atoms with Gasteiger partial charge in [0.25, 0.3) is 5.91 Å². The lowest BCUT2D eigenvalue weighted by molar-refractivity contribution is 0.0756. The SMILES string of the molecule is NC1CC2CCCC(C1)C2NC(=O)c1ccc(CS(N)(=O)=O)cc1. The summed E-state index contributed by atoms with van der Waals surface area (Å²) in [6.07, 6.45) is 5.44. The Morgan fingerprint density at radius 1 is 1.12 bits per heavy atom. The van der Waals surface area contributed by atoms with Crippen molar-refractivity contribution in [3.63, 3.8) is 0 Å². The highest BCUT2D eigenvalue weighted by atomic mass is 32.2. The fourth-order valence-electron chi connectivity index (χ4n) is 4.24. The van der Waals surface area contributed by atoms with Crippen LogP contribution < -0.4 is 16.2 Å². The van der Waals surface area contributed by atoms with Crippen LogP contribution in [0.3, 0.4) is 0 Å². The van der Waals surface area contributed by atoms with E-state index in [1.165, 1.54) is 6.42 Å². The van der Waals surface area contributed by atoms with Crippen LogP contribution in [0.1, 0.15) is 48.0 Å². The highest BCUT2D eigenvalue weighted by Crippen LogP contribution is 2.39. The lowest BCUT2D eigenvalue weighted by Gasteiger charge is -2.45. The molecule has 2 atom stereocenters. The third kappa shape index (κ3) is 4.15. The Kier molecular flexibility index (Phi) is 4.94. The van der Waals surface area contributed by atoms with Crippen molar-refractivity contribution in [2.45, 2.75) is 49.9 Å². The molecule has 6 nitrogen and oxygen atoms in total. The Hall–Kier alpha value is -1.44. The minimum Gasteiger partial charge on any atom is -0.349 e. The third-order valence-corrected chi connectivity index (χ3v) is 5.99. The summed E-state index contributed by atoms with van der Waals surface area (Å²) >= 11 is 0. The lowest BCUT2D eigenvalue weighted by Crippen LogP contribution is -2.53. The Morgan fingerprint density at radius 2 is 1.71 bits per heavy atom. The van der Waals surface area contributed by atoms with Crippen molar-refractivity contribution in [2.24, 2.45) is 22.7 Å². The molecule has 0 spiro atoms. The number of hydrogen-bond donors (Lipinski definition) is 3. The fourth-order valence-corrected chi connectivity index (χ4v) is 4.90. The predicted molar refractivity (Wildman–Crippen MR) is 92.5 cm³/mol. The second-order valence-electron chi connectivity index (χ2n) is 7.19. The van der Waals surface area contributed by atoms with Gasteiger partial charge in [0.15, 0.2) is 0 Å². The van der Waals surface area contributed by atoms with Gasteiger partial charge in [-0.3, -0.25) is 4.79 Å². The van der Waals surface area contributed by atoms with E-state index in [-0.39, 0.29) is 23.7 Å². The average molecular weight is 351 g/mol. The van der Waals surface area contributed by atoms with Crippen LogP contribution in [-0.4, -0.2) is 26.4 Å². The van der Waals surface area contributed by atoms with Crippen molar-refractivity contribution in [1.29, 1.82) is 0 Å². The van der Waals surface area contributed by atoms with E-state index in [0.717, 1.165) is 25.7 Å². The van der Waals surface area contributed by atoms with E-state index < -0.39 is 10.0 Å². The fraction of sp³-hybridized carbons (Fsp3) is 0.588. The number of amides is 1. The lowest BCUT2D eigenvalue weighted by atomic mass is 9.67. The molecule has 0 aliphatic heterocycles. The summed E-state index contributed by atoms with van der Waals surface area (Å²) in [5.41, 5.74) is 7.25. The first-order chi connectivity index (χ1) is 11.3. The summed E-state index contributed by atoms with van der Waals surface area (Å²) in [6, 6.07) is 7.04. The molecule has 0 radical (unpaired) electrons. The maximum atomic E-state index is 12.5. The van der Waals surface area contributed by atoms with E-state index in [0.29, 0.717) is 23.0 Å². The molecule has 1 amide bonds. The largest absolute Gasteiger partial charge is 0.349 e. The number of benzene rings is 1. The van der Waals surface area contributed by atoms with Crippen LogP contribution >= 0.6 is 0 Å². The molecule has 2 aliphatic carbocycles. The zero-order valence-electron chi connectivity index (χ0n) is 13.6. The molecule has 2 saturated carbocycles. The van der Waals surface area contributed by atoms with Crippen LogP contribution in [0.25, 0.3) is 0 Å². The molecule has 2 unspecified atom stereocenters. The minimum absolute atomic E-state index is 0.102.